The first-order valence-electron chi connectivity index (χ1n) is 7.95. The molecule has 2 fully saturated rings. The Morgan fingerprint density at radius 3 is 2.64 bits per heavy atom. The highest BCUT2D eigenvalue weighted by atomic mass is 32.2. The molecule has 1 N–H and O–H groups in total. The summed E-state index contributed by atoms with van der Waals surface area (Å²) in [6, 6.07) is 6.78. The van der Waals surface area contributed by atoms with Crippen LogP contribution in [-0.2, 0) is 16.1 Å². The van der Waals surface area contributed by atoms with Crippen molar-refractivity contribution in [2.24, 2.45) is 11.8 Å². The smallest absolute Gasteiger partial charge is 0.308 e. The lowest BCUT2D eigenvalue weighted by atomic mass is 9.99. The van der Waals surface area contributed by atoms with E-state index in [-0.39, 0.29) is 41.8 Å². The maximum absolute atomic E-state index is 12.7. The molecular weight excluding hydrogens is 344 g/mol. The number of carbonyl (C=O) groups excluding carboxylic acids is 3. The summed E-state index contributed by atoms with van der Waals surface area (Å²) in [6.07, 6.45) is 0. The fourth-order valence-electron chi connectivity index (χ4n) is 3.16. The van der Waals surface area contributed by atoms with Crippen molar-refractivity contribution in [3.8, 4) is 0 Å². The van der Waals surface area contributed by atoms with Gasteiger partial charge >= 0.3 is 5.97 Å². The predicted octanol–water partition coefficient (Wildman–Crippen LogP) is 1.67. The second-order valence-corrected chi connectivity index (χ2v) is 7.29. The molecule has 8 heteroatoms. The molecule has 0 spiro atoms. The van der Waals surface area contributed by atoms with E-state index in [1.807, 2.05) is 6.92 Å². The van der Waals surface area contributed by atoms with Gasteiger partial charge in [-0.15, -0.1) is 0 Å². The third-order valence-electron chi connectivity index (χ3n) is 4.57. The van der Waals surface area contributed by atoms with E-state index in [1.54, 1.807) is 29.2 Å². The maximum atomic E-state index is 12.7. The van der Waals surface area contributed by atoms with Crippen LogP contribution in [0.5, 0.6) is 0 Å². The number of carbonyl (C=O) groups is 4. The maximum Gasteiger partial charge on any atom is 0.308 e. The van der Waals surface area contributed by atoms with Gasteiger partial charge in [0.2, 0.25) is 5.91 Å². The van der Waals surface area contributed by atoms with Crippen LogP contribution in [0.15, 0.2) is 24.3 Å². The van der Waals surface area contributed by atoms with Gasteiger partial charge in [0.1, 0.15) is 0 Å². The number of hydrogen-bond acceptors (Lipinski definition) is 5. The van der Waals surface area contributed by atoms with Gasteiger partial charge in [0.15, 0.2) is 0 Å². The minimum atomic E-state index is -0.889. The van der Waals surface area contributed by atoms with Crippen molar-refractivity contribution in [3.63, 3.8) is 0 Å². The first kappa shape index (κ1) is 17.5. The van der Waals surface area contributed by atoms with Crippen LogP contribution in [0.3, 0.4) is 0 Å². The Labute approximate surface area is 149 Å². The number of rotatable bonds is 4. The number of hydrogen-bond donors (Lipinski definition) is 1. The Hall–Kier alpha value is -2.35. The quantitative estimate of drug-likeness (QED) is 0.876. The lowest BCUT2D eigenvalue weighted by molar-refractivity contribution is -0.142. The largest absolute Gasteiger partial charge is 0.481 e. The normalized spacial score (nSPS) is 23.4. The van der Waals surface area contributed by atoms with Gasteiger partial charge in [-0.05, 0) is 23.6 Å². The van der Waals surface area contributed by atoms with Crippen LogP contribution in [0, 0.1) is 11.8 Å². The fourth-order valence-corrected chi connectivity index (χ4v) is 3.88. The number of carboxylic acids is 1. The minimum absolute atomic E-state index is 0.0958. The average Bonchev–Trinajstić information content (AvgIpc) is 3.12. The highest BCUT2D eigenvalue weighted by molar-refractivity contribution is 8.14. The molecule has 25 heavy (non-hydrogen) atoms. The van der Waals surface area contributed by atoms with Crippen LogP contribution in [0.2, 0.25) is 0 Å². The molecule has 0 saturated carbocycles. The summed E-state index contributed by atoms with van der Waals surface area (Å²) >= 11 is 0.973. The molecule has 0 aliphatic carbocycles. The van der Waals surface area contributed by atoms with Gasteiger partial charge < -0.3 is 10.0 Å². The monoisotopic (exact) mass is 362 g/mol. The van der Waals surface area contributed by atoms with Crippen LogP contribution >= 0.6 is 11.8 Å². The van der Waals surface area contributed by atoms with Crippen LogP contribution in [0.25, 0.3) is 0 Å². The number of carboxylic acid groups (broad SMARTS) is 1. The van der Waals surface area contributed by atoms with E-state index in [9.17, 15) is 24.3 Å². The van der Waals surface area contributed by atoms with Gasteiger partial charge in [0.25, 0.3) is 11.1 Å². The summed E-state index contributed by atoms with van der Waals surface area (Å²) in [5, 5.41) is 8.92. The minimum Gasteiger partial charge on any atom is -0.481 e. The van der Waals surface area contributed by atoms with E-state index in [0.29, 0.717) is 17.7 Å². The van der Waals surface area contributed by atoms with Crippen molar-refractivity contribution in [2.45, 2.75) is 13.5 Å². The molecule has 2 saturated heterocycles. The zero-order chi connectivity index (χ0) is 18.1. The molecule has 3 rings (SSSR count). The van der Waals surface area contributed by atoms with Crippen LogP contribution in [0.1, 0.15) is 22.8 Å². The molecule has 1 aromatic carbocycles. The summed E-state index contributed by atoms with van der Waals surface area (Å²) in [6.45, 7) is 2.56. The van der Waals surface area contributed by atoms with Crippen molar-refractivity contribution in [1.82, 2.24) is 9.80 Å². The van der Waals surface area contributed by atoms with Crippen LogP contribution in [-0.4, -0.2) is 56.8 Å². The molecule has 2 heterocycles. The third kappa shape index (κ3) is 3.53. The second kappa shape index (κ2) is 6.87. The number of amides is 3. The lowest BCUT2D eigenvalue weighted by Crippen LogP contribution is -2.30. The molecule has 0 aromatic heterocycles. The lowest BCUT2D eigenvalue weighted by Gasteiger charge is -2.17. The first-order valence-corrected chi connectivity index (χ1v) is 8.93. The van der Waals surface area contributed by atoms with E-state index in [0.717, 1.165) is 11.8 Å². The standard InChI is InChI=1S/C17H18N2O5S/c1-10-6-18(8-13(10)16(22)23)15(21)12-4-2-3-11(5-12)7-19-14(20)9-25-17(19)24/h2-5,10,13H,6-9H2,1H3,(H,22,23)/t10-,13-/m1/s1. The summed E-state index contributed by atoms with van der Waals surface area (Å²) in [7, 11) is 0. The Morgan fingerprint density at radius 1 is 1.28 bits per heavy atom. The topological polar surface area (TPSA) is 95.0 Å². The van der Waals surface area contributed by atoms with Crippen LogP contribution in [0.4, 0.5) is 4.79 Å². The number of aliphatic carboxylic acids is 1. The van der Waals surface area contributed by atoms with E-state index < -0.39 is 11.9 Å². The van der Waals surface area contributed by atoms with Gasteiger partial charge in [-0.25, -0.2) is 0 Å². The van der Waals surface area contributed by atoms with E-state index in [4.69, 9.17) is 0 Å². The predicted molar refractivity (Wildman–Crippen MR) is 91.0 cm³/mol. The highest BCUT2D eigenvalue weighted by Gasteiger charge is 2.37. The first-order chi connectivity index (χ1) is 11.9. The molecule has 0 radical (unpaired) electrons. The molecule has 3 amide bonds. The molecule has 2 aliphatic rings. The van der Waals surface area contributed by atoms with Crippen molar-refractivity contribution >= 4 is 34.8 Å². The molecule has 2 atom stereocenters. The van der Waals surface area contributed by atoms with Crippen molar-refractivity contribution in [3.05, 3.63) is 35.4 Å². The summed E-state index contributed by atoms with van der Waals surface area (Å²) in [5.74, 6) is -1.85. The van der Waals surface area contributed by atoms with Gasteiger partial charge in [-0.3, -0.25) is 24.1 Å². The molecule has 2 aliphatic heterocycles. The summed E-state index contributed by atoms with van der Waals surface area (Å²) in [4.78, 5) is 50.0. The number of likely N-dealkylation sites (tertiary alicyclic amines) is 1. The molecule has 132 valence electrons. The Bertz CT molecular complexity index is 734. The Balaban J connectivity index is 1.73. The molecule has 0 unspecified atom stereocenters. The Morgan fingerprint density at radius 2 is 2.04 bits per heavy atom. The van der Waals surface area contributed by atoms with E-state index >= 15 is 0 Å². The Kier molecular flexibility index (Phi) is 4.80. The fraction of sp³-hybridized carbons (Fsp3) is 0.412. The van der Waals surface area contributed by atoms with Gasteiger partial charge in [-0.2, -0.15) is 0 Å². The number of thioether (sulfide) groups is 1. The average molecular weight is 362 g/mol. The molecule has 0 bridgehead atoms. The highest BCUT2D eigenvalue weighted by Crippen LogP contribution is 2.26. The summed E-state index contributed by atoms with van der Waals surface area (Å²) in [5.41, 5.74) is 1.12. The van der Waals surface area contributed by atoms with Crippen molar-refractivity contribution in [1.29, 1.82) is 0 Å². The van der Waals surface area contributed by atoms with Gasteiger partial charge in [-0.1, -0.05) is 30.8 Å². The van der Waals surface area contributed by atoms with E-state index in [2.05, 4.69) is 0 Å². The van der Waals surface area contributed by atoms with Crippen molar-refractivity contribution < 1.29 is 24.3 Å². The zero-order valence-corrected chi connectivity index (χ0v) is 14.5. The molecule has 7 nitrogen and oxygen atoms in total. The second-order valence-electron chi connectivity index (χ2n) is 6.37. The SMILES string of the molecule is C[C@@H]1CN(C(=O)c2cccc(CN3C(=O)CSC3=O)c2)C[C@H]1C(=O)O. The summed E-state index contributed by atoms with van der Waals surface area (Å²) < 4.78 is 0. The number of nitrogens with zero attached hydrogens (tertiary/aromatic N) is 2. The molecule has 1 aromatic rings. The number of benzene rings is 1. The van der Waals surface area contributed by atoms with Gasteiger partial charge in [0, 0.05) is 18.7 Å². The van der Waals surface area contributed by atoms with Crippen molar-refractivity contribution in [2.75, 3.05) is 18.8 Å². The van der Waals surface area contributed by atoms with Gasteiger partial charge in [0.05, 0.1) is 18.2 Å². The van der Waals surface area contributed by atoms with E-state index in [1.165, 1.54) is 4.90 Å². The number of imide groups is 1. The van der Waals surface area contributed by atoms with Crippen LogP contribution < -0.4 is 0 Å². The third-order valence-corrected chi connectivity index (χ3v) is 5.43. The molecular formula is C17H18N2O5S. The zero-order valence-electron chi connectivity index (χ0n) is 13.7.